The number of rotatable bonds is 14. The van der Waals surface area contributed by atoms with E-state index in [1.54, 1.807) is 0 Å². The first-order chi connectivity index (χ1) is 12.7. The summed E-state index contributed by atoms with van der Waals surface area (Å²) in [5, 5.41) is 3.47. The van der Waals surface area contributed by atoms with Crippen LogP contribution in [0.5, 0.6) is 0 Å². The van der Waals surface area contributed by atoms with E-state index in [-0.39, 0.29) is 5.24 Å². The van der Waals surface area contributed by atoms with Crippen LogP contribution in [0.4, 0.5) is 0 Å². The highest BCUT2D eigenvalue weighted by atomic mass is 32.1. The summed E-state index contributed by atoms with van der Waals surface area (Å²) < 4.78 is 26.5. The van der Waals surface area contributed by atoms with Crippen molar-refractivity contribution in [3.05, 3.63) is 45.8 Å². The van der Waals surface area contributed by atoms with Crippen molar-refractivity contribution >= 4 is 17.5 Å². The fourth-order valence-corrected chi connectivity index (χ4v) is 1.89. The van der Waals surface area contributed by atoms with Crippen LogP contribution in [0.3, 0.4) is 0 Å². The maximum atomic E-state index is 8.08. The summed E-state index contributed by atoms with van der Waals surface area (Å²) in [6, 6.07) is 8.03. The highest BCUT2D eigenvalue weighted by Crippen LogP contribution is 2.05. The summed E-state index contributed by atoms with van der Waals surface area (Å²) in [4.78, 5) is 2.63. The first-order valence-corrected chi connectivity index (χ1v) is 8.72. The summed E-state index contributed by atoms with van der Waals surface area (Å²) in [5.74, 6) is 0. The average Bonchev–Trinajstić information content (AvgIpc) is 2.65. The molecule has 0 bridgehead atoms. The van der Waals surface area contributed by atoms with Crippen molar-refractivity contribution in [1.29, 1.82) is 0 Å². The van der Waals surface area contributed by atoms with Gasteiger partial charge < -0.3 is 23.7 Å². The zero-order chi connectivity index (χ0) is 18.9. The minimum atomic E-state index is 0.114. The molecule has 26 heavy (non-hydrogen) atoms. The van der Waals surface area contributed by atoms with Crippen LogP contribution in [0, 0.1) is 6.92 Å². The third kappa shape index (κ3) is 12.5. The molecule has 1 rings (SSSR count). The zero-order valence-corrected chi connectivity index (χ0v) is 15.8. The molecule has 1 aromatic rings. The van der Waals surface area contributed by atoms with Crippen LogP contribution in [-0.4, -0.2) is 58.0 Å². The van der Waals surface area contributed by atoms with E-state index >= 15 is 0 Å². The molecule has 0 atom stereocenters. The molecule has 0 aromatic heterocycles. The van der Waals surface area contributed by atoms with Gasteiger partial charge in [0.25, 0.3) is 0 Å². The van der Waals surface area contributed by atoms with Crippen LogP contribution in [0.2, 0.25) is 0 Å². The molecule has 8 nitrogen and oxygen atoms in total. The Kier molecular flexibility index (Phi) is 13.1. The Morgan fingerprint density at radius 1 is 0.923 bits per heavy atom. The molecule has 0 fully saturated rings. The Morgan fingerprint density at radius 3 is 2.12 bits per heavy atom. The van der Waals surface area contributed by atoms with E-state index in [0.29, 0.717) is 59.4 Å². The lowest BCUT2D eigenvalue weighted by Crippen LogP contribution is -2.14. The maximum Gasteiger partial charge on any atom is 0.352 e. The van der Waals surface area contributed by atoms with Crippen molar-refractivity contribution < 1.29 is 23.7 Å². The second kappa shape index (κ2) is 15.4. The number of nitrogens with zero attached hydrogens (tertiary/aromatic N) is 3. The van der Waals surface area contributed by atoms with Gasteiger partial charge in [-0.05, 0) is 18.0 Å². The van der Waals surface area contributed by atoms with E-state index < -0.39 is 0 Å². The predicted octanol–water partition coefficient (Wildman–Crippen LogP) is 3.17. The first kappa shape index (κ1) is 22.1. The van der Waals surface area contributed by atoms with Crippen LogP contribution in [0.25, 0.3) is 10.4 Å². The van der Waals surface area contributed by atoms with Gasteiger partial charge in [0.2, 0.25) is 0 Å². The van der Waals surface area contributed by atoms with Gasteiger partial charge in [-0.15, -0.1) is 0 Å². The van der Waals surface area contributed by atoms with Crippen LogP contribution in [-0.2, 0) is 30.3 Å². The summed E-state index contributed by atoms with van der Waals surface area (Å²) in [5.41, 5.74) is 10.3. The minimum Gasteiger partial charge on any atom is -0.454 e. The SMILES string of the molecule is Cc1ccc(COC(=S)OCCOCCOCCOCCN=[N+]=[N-])cc1. The molecule has 0 heterocycles. The van der Waals surface area contributed by atoms with Crippen LogP contribution < -0.4 is 0 Å². The molecule has 0 saturated carbocycles. The van der Waals surface area contributed by atoms with Crippen molar-refractivity contribution in [3.8, 4) is 0 Å². The molecule has 0 unspecified atom stereocenters. The summed E-state index contributed by atoms with van der Waals surface area (Å²) in [6.45, 7) is 5.72. The number of aryl methyl sites for hydroxylation is 1. The van der Waals surface area contributed by atoms with Gasteiger partial charge in [-0.25, -0.2) is 0 Å². The Balaban J connectivity index is 1.85. The van der Waals surface area contributed by atoms with E-state index in [9.17, 15) is 0 Å². The largest absolute Gasteiger partial charge is 0.454 e. The van der Waals surface area contributed by atoms with E-state index in [0.717, 1.165) is 5.56 Å². The van der Waals surface area contributed by atoms with Gasteiger partial charge in [0.05, 0.1) is 39.6 Å². The molecule has 0 spiro atoms. The van der Waals surface area contributed by atoms with Crippen LogP contribution >= 0.6 is 12.2 Å². The van der Waals surface area contributed by atoms with Crippen molar-refractivity contribution in [2.45, 2.75) is 13.5 Å². The second-order valence-electron chi connectivity index (χ2n) is 5.16. The lowest BCUT2D eigenvalue weighted by Gasteiger charge is -2.10. The van der Waals surface area contributed by atoms with Gasteiger partial charge in [-0.1, -0.05) is 34.9 Å². The fraction of sp³-hybridized carbons (Fsp3) is 0.588. The van der Waals surface area contributed by atoms with Crippen molar-refractivity contribution in [1.82, 2.24) is 0 Å². The third-order valence-corrected chi connectivity index (χ3v) is 3.30. The fourth-order valence-electron chi connectivity index (χ4n) is 1.74. The summed E-state index contributed by atoms with van der Waals surface area (Å²) in [6.07, 6.45) is 0. The number of hydrogen-bond acceptors (Lipinski definition) is 7. The lowest BCUT2D eigenvalue weighted by molar-refractivity contribution is 0.00752. The molecule has 9 heteroatoms. The van der Waals surface area contributed by atoms with Gasteiger partial charge in [-0.3, -0.25) is 0 Å². The number of thiocarbonyl (C=S) groups is 1. The van der Waals surface area contributed by atoms with Gasteiger partial charge >= 0.3 is 5.24 Å². The van der Waals surface area contributed by atoms with Crippen molar-refractivity contribution in [2.24, 2.45) is 5.11 Å². The highest BCUT2D eigenvalue weighted by molar-refractivity contribution is 7.79. The number of azide groups is 1. The standard InChI is InChI=1S/C17H25N3O5S/c1-15-2-4-16(5-3-15)14-25-17(26)24-13-12-23-11-10-22-9-8-21-7-6-19-20-18/h2-5H,6-14H2,1H3. The van der Waals surface area contributed by atoms with E-state index in [4.69, 9.17) is 41.4 Å². The summed E-state index contributed by atoms with van der Waals surface area (Å²) in [7, 11) is 0. The van der Waals surface area contributed by atoms with E-state index in [1.807, 2.05) is 31.2 Å². The lowest BCUT2D eigenvalue weighted by atomic mass is 10.2. The Bertz CT molecular complexity index is 550. The van der Waals surface area contributed by atoms with Crippen molar-refractivity contribution in [3.63, 3.8) is 0 Å². The molecular weight excluding hydrogens is 358 g/mol. The molecule has 0 N–H and O–H groups in total. The molecule has 0 aliphatic heterocycles. The molecule has 0 aliphatic carbocycles. The topological polar surface area (TPSA) is 94.9 Å². The molecule has 1 aromatic carbocycles. The van der Waals surface area contributed by atoms with Crippen LogP contribution in [0.15, 0.2) is 29.4 Å². The highest BCUT2D eigenvalue weighted by Gasteiger charge is 2.00. The molecule has 0 amide bonds. The molecule has 0 radical (unpaired) electrons. The third-order valence-electron chi connectivity index (χ3n) is 3.07. The smallest absolute Gasteiger partial charge is 0.352 e. The number of benzene rings is 1. The zero-order valence-electron chi connectivity index (χ0n) is 15.0. The summed E-state index contributed by atoms with van der Waals surface area (Å²) >= 11 is 5.00. The van der Waals surface area contributed by atoms with Gasteiger partial charge in [0.15, 0.2) is 0 Å². The van der Waals surface area contributed by atoms with Gasteiger partial charge in [0.1, 0.15) is 13.2 Å². The molecular formula is C17H25N3O5S. The Morgan fingerprint density at radius 2 is 1.50 bits per heavy atom. The predicted molar refractivity (Wildman–Crippen MR) is 101 cm³/mol. The molecule has 144 valence electrons. The van der Waals surface area contributed by atoms with Gasteiger partial charge in [-0.2, -0.15) is 0 Å². The van der Waals surface area contributed by atoms with E-state index in [1.165, 1.54) is 5.56 Å². The van der Waals surface area contributed by atoms with Crippen molar-refractivity contribution in [2.75, 3.05) is 52.8 Å². The number of hydrogen-bond donors (Lipinski definition) is 0. The molecule has 0 aliphatic rings. The second-order valence-corrected chi connectivity index (χ2v) is 5.50. The maximum absolute atomic E-state index is 8.08. The van der Waals surface area contributed by atoms with Gasteiger partial charge in [0, 0.05) is 23.7 Å². The quantitative estimate of drug-likeness (QED) is 0.161. The Labute approximate surface area is 159 Å². The normalized spacial score (nSPS) is 10.2. The monoisotopic (exact) mass is 383 g/mol. The minimum absolute atomic E-state index is 0.114. The van der Waals surface area contributed by atoms with Crippen LogP contribution in [0.1, 0.15) is 11.1 Å². The average molecular weight is 383 g/mol. The van der Waals surface area contributed by atoms with E-state index in [2.05, 4.69) is 10.0 Å². The number of ether oxygens (including phenoxy) is 5. The Hall–Kier alpha value is -1.90. The molecule has 0 saturated heterocycles. The first-order valence-electron chi connectivity index (χ1n) is 8.31.